The molecule has 4 N–H and O–H groups in total. The summed E-state index contributed by atoms with van der Waals surface area (Å²) in [5.74, 6) is -1.57. The fraction of sp³-hybridized carbons (Fsp3) is 0.636. The number of carbonyl (C=O) groups is 2. The van der Waals surface area contributed by atoms with E-state index in [0.717, 1.165) is 19.3 Å². The van der Waals surface area contributed by atoms with Gasteiger partial charge >= 0.3 is 13.6 Å². The number of carbonyl (C=O) groups excluding carboxylic acids is 1. The third-order valence-electron chi connectivity index (χ3n) is 5.56. The normalized spacial score (nSPS) is 19.2. The van der Waals surface area contributed by atoms with Crippen molar-refractivity contribution in [2.45, 2.75) is 69.9 Å². The number of aliphatic carboxylic acids is 1. The second kappa shape index (κ2) is 13.0. The van der Waals surface area contributed by atoms with Crippen LogP contribution < -0.4 is 5.73 Å². The van der Waals surface area contributed by atoms with Crippen molar-refractivity contribution in [2.75, 3.05) is 19.3 Å². The molecular weight excluding hydrogens is 419 g/mol. The van der Waals surface area contributed by atoms with E-state index >= 15 is 0 Å². The molecule has 1 aromatic rings. The van der Waals surface area contributed by atoms with E-state index in [1.54, 1.807) is 0 Å². The molecule has 0 bridgehead atoms. The van der Waals surface area contributed by atoms with Gasteiger partial charge in [0, 0.05) is 6.54 Å². The van der Waals surface area contributed by atoms with E-state index < -0.39 is 31.6 Å². The van der Waals surface area contributed by atoms with Crippen LogP contribution in [0, 0.1) is 0 Å². The summed E-state index contributed by atoms with van der Waals surface area (Å²) < 4.78 is 18.1. The topological polar surface area (TPSA) is 130 Å². The van der Waals surface area contributed by atoms with Gasteiger partial charge in [0.15, 0.2) is 0 Å². The van der Waals surface area contributed by atoms with Crippen molar-refractivity contribution < 1.29 is 28.7 Å². The quantitative estimate of drug-likeness (QED) is 0.291. The molecule has 3 atom stereocenters. The van der Waals surface area contributed by atoms with Crippen LogP contribution in [0.15, 0.2) is 30.3 Å². The molecule has 9 heteroatoms. The summed E-state index contributed by atoms with van der Waals surface area (Å²) in [4.78, 5) is 36.0. The molecule has 1 heterocycles. The highest BCUT2D eigenvalue weighted by Gasteiger charge is 2.39. The first-order valence-corrected chi connectivity index (χ1v) is 12.9. The highest BCUT2D eigenvalue weighted by Crippen LogP contribution is 2.45. The Labute approximate surface area is 184 Å². The van der Waals surface area contributed by atoms with E-state index in [4.69, 9.17) is 10.3 Å². The summed E-state index contributed by atoms with van der Waals surface area (Å²) >= 11 is 0. The minimum Gasteiger partial charge on any atom is -0.480 e. The molecule has 1 saturated heterocycles. The van der Waals surface area contributed by atoms with E-state index in [1.165, 1.54) is 10.5 Å². The largest absolute Gasteiger partial charge is 0.480 e. The van der Waals surface area contributed by atoms with Crippen molar-refractivity contribution in [1.82, 2.24) is 4.90 Å². The molecule has 31 heavy (non-hydrogen) atoms. The standard InChI is InChI=1S/C22H35N2O6P/c23-15-7-6-14-20(21(25)24-16-9-13-19(24)22(26)27)30-31(28,29)17-8-2-5-12-18-10-3-1-4-11-18/h1,3-4,10-11,19-20H,2,5-9,12-17,23H2,(H,26,27)(H,28,29)/t19-,20?/m0/s1. The van der Waals surface area contributed by atoms with E-state index in [-0.39, 0.29) is 12.6 Å². The van der Waals surface area contributed by atoms with Crippen molar-refractivity contribution in [3.8, 4) is 0 Å². The molecule has 2 rings (SSSR count). The second-order valence-electron chi connectivity index (χ2n) is 8.06. The van der Waals surface area contributed by atoms with Gasteiger partial charge in [0.05, 0.1) is 6.16 Å². The van der Waals surface area contributed by atoms with Crippen LogP contribution in [0.4, 0.5) is 0 Å². The van der Waals surface area contributed by atoms with E-state index in [2.05, 4.69) is 12.1 Å². The Balaban J connectivity index is 1.87. The summed E-state index contributed by atoms with van der Waals surface area (Å²) in [6, 6.07) is 9.16. The first-order chi connectivity index (χ1) is 14.8. The Kier molecular flexibility index (Phi) is 10.7. The summed E-state index contributed by atoms with van der Waals surface area (Å²) in [6.07, 6.45) is 4.41. The van der Waals surface area contributed by atoms with Crippen molar-refractivity contribution in [3.05, 3.63) is 35.9 Å². The molecule has 1 aliphatic heterocycles. The number of likely N-dealkylation sites (tertiary alicyclic amines) is 1. The van der Waals surface area contributed by atoms with Gasteiger partial charge in [0.2, 0.25) is 0 Å². The van der Waals surface area contributed by atoms with Gasteiger partial charge in [-0.05, 0) is 63.5 Å². The van der Waals surface area contributed by atoms with E-state index in [0.29, 0.717) is 45.2 Å². The highest BCUT2D eigenvalue weighted by atomic mass is 31.2. The molecule has 1 aliphatic rings. The maximum atomic E-state index is 12.9. The molecule has 8 nitrogen and oxygen atoms in total. The molecule has 174 valence electrons. The van der Waals surface area contributed by atoms with Crippen LogP contribution in [-0.4, -0.2) is 58.2 Å². The molecule has 0 spiro atoms. The Hall–Kier alpha value is -1.73. The maximum absolute atomic E-state index is 12.9. The molecule has 0 aromatic heterocycles. The van der Waals surface area contributed by atoms with Gasteiger partial charge in [0.25, 0.3) is 5.91 Å². The first-order valence-electron chi connectivity index (χ1n) is 11.1. The predicted molar refractivity (Wildman–Crippen MR) is 119 cm³/mol. The van der Waals surface area contributed by atoms with Crippen molar-refractivity contribution in [1.29, 1.82) is 0 Å². The molecule has 1 amide bonds. The maximum Gasteiger partial charge on any atom is 0.328 e. The van der Waals surface area contributed by atoms with Crippen molar-refractivity contribution in [3.63, 3.8) is 0 Å². The van der Waals surface area contributed by atoms with Crippen LogP contribution in [0.2, 0.25) is 0 Å². The van der Waals surface area contributed by atoms with Gasteiger partial charge in [-0.1, -0.05) is 36.8 Å². The number of nitrogens with two attached hydrogens (primary N) is 1. The fourth-order valence-corrected chi connectivity index (χ4v) is 5.20. The Morgan fingerprint density at radius 3 is 2.58 bits per heavy atom. The number of benzene rings is 1. The summed E-state index contributed by atoms with van der Waals surface area (Å²) in [6.45, 7) is 0.766. The molecule has 1 fully saturated rings. The zero-order valence-electron chi connectivity index (χ0n) is 18.0. The number of hydrogen-bond acceptors (Lipinski definition) is 5. The molecule has 0 saturated carbocycles. The third-order valence-corrected chi connectivity index (χ3v) is 7.02. The number of carboxylic acid groups (broad SMARTS) is 1. The number of aryl methyl sites for hydroxylation is 1. The lowest BCUT2D eigenvalue weighted by molar-refractivity contribution is -0.151. The number of nitrogens with zero attached hydrogens (tertiary/aromatic N) is 1. The smallest absolute Gasteiger partial charge is 0.328 e. The molecule has 2 unspecified atom stereocenters. The second-order valence-corrected chi connectivity index (χ2v) is 10.00. The van der Waals surface area contributed by atoms with Crippen LogP contribution in [0.5, 0.6) is 0 Å². The lowest BCUT2D eigenvalue weighted by atomic mass is 10.1. The predicted octanol–water partition coefficient (Wildman–Crippen LogP) is 3.17. The zero-order chi connectivity index (χ0) is 22.7. The molecule has 0 radical (unpaired) electrons. The Morgan fingerprint density at radius 1 is 1.16 bits per heavy atom. The van der Waals surface area contributed by atoms with Crippen molar-refractivity contribution in [2.24, 2.45) is 5.73 Å². The Bertz CT molecular complexity index is 745. The summed E-state index contributed by atoms with van der Waals surface area (Å²) in [5, 5.41) is 9.35. The number of hydrogen-bond donors (Lipinski definition) is 3. The average Bonchev–Trinajstić information content (AvgIpc) is 3.23. The summed E-state index contributed by atoms with van der Waals surface area (Å²) in [7, 11) is -3.97. The van der Waals surface area contributed by atoms with Crippen LogP contribution in [0.25, 0.3) is 0 Å². The fourth-order valence-electron chi connectivity index (χ4n) is 3.88. The van der Waals surface area contributed by atoms with Crippen LogP contribution in [-0.2, 0) is 25.1 Å². The molecule has 0 aliphatic carbocycles. The number of carboxylic acids is 1. The van der Waals surface area contributed by atoms with Gasteiger partial charge in [-0.15, -0.1) is 0 Å². The number of unbranched alkanes of at least 4 members (excludes halogenated alkanes) is 3. The van der Waals surface area contributed by atoms with E-state index in [9.17, 15) is 24.2 Å². The third kappa shape index (κ3) is 8.73. The Morgan fingerprint density at radius 2 is 1.90 bits per heavy atom. The number of rotatable bonds is 14. The van der Waals surface area contributed by atoms with Crippen LogP contribution in [0.1, 0.15) is 56.9 Å². The lowest BCUT2D eigenvalue weighted by Crippen LogP contribution is -2.46. The van der Waals surface area contributed by atoms with Crippen LogP contribution >= 0.6 is 7.60 Å². The van der Waals surface area contributed by atoms with Gasteiger partial charge in [-0.3, -0.25) is 13.9 Å². The molecular formula is C22H35N2O6P. The van der Waals surface area contributed by atoms with E-state index in [1.807, 2.05) is 18.2 Å². The SMILES string of the molecule is NCCCCC(OP(=O)(O)CCCCCc1ccccc1)C(=O)N1CCC[C@H]1C(=O)O. The zero-order valence-corrected chi connectivity index (χ0v) is 18.9. The van der Waals surface area contributed by atoms with Gasteiger partial charge in [-0.2, -0.15) is 0 Å². The van der Waals surface area contributed by atoms with Crippen LogP contribution in [0.3, 0.4) is 0 Å². The first kappa shape index (κ1) is 25.5. The van der Waals surface area contributed by atoms with Gasteiger partial charge < -0.3 is 20.6 Å². The van der Waals surface area contributed by atoms with Gasteiger partial charge in [-0.25, -0.2) is 4.79 Å². The van der Waals surface area contributed by atoms with Crippen molar-refractivity contribution >= 4 is 19.5 Å². The highest BCUT2D eigenvalue weighted by molar-refractivity contribution is 7.52. The summed E-state index contributed by atoms with van der Waals surface area (Å²) in [5.41, 5.74) is 6.75. The number of amides is 1. The minimum absolute atomic E-state index is 0.0230. The van der Waals surface area contributed by atoms with Gasteiger partial charge in [0.1, 0.15) is 12.1 Å². The average molecular weight is 455 g/mol. The monoisotopic (exact) mass is 454 g/mol. The minimum atomic E-state index is -3.97. The lowest BCUT2D eigenvalue weighted by Gasteiger charge is -2.28. The molecule has 1 aromatic carbocycles.